The van der Waals surface area contributed by atoms with Crippen LogP contribution in [-0.4, -0.2) is 40.5 Å². The summed E-state index contributed by atoms with van der Waals surface area (Å²) in [6.07, 6.45) is 4.46. The van der Waals surface area contributed by atoms with Crippen molar-refractivity contribution >= 4 is 11.6 Å². The summed E-state index contributed by atoms with van der Waals surface area (Å²) in [4.78, 5) is 12.9. The molecular formula is C24H28N4O3. The van der Waals surface area contributed by atoms with Crippen LogP contribution in [0.25, 0.3) is 11.4 Å². The zero-order chi connectivity index (χ0) is 21.5. The molecule has 0 atom stereocenters. The number of ether oxygens (including phenoxy) is 2. The van der Waals surface area contributed by atoms with Crippen molar-refractivity contribution in [1.82, 2.24) is 14.8 Å². The van der Waals surface area contributed by atoms with Gasteiger partial charge in [-0.05, 0) is 44.0 Å². The average Bonchev–Trinajstić information content (AvgIpc) is 3.05. The fraction of sp³-hybridized carbons (Fsp3) is 0.375. The van der Waals surface area contributed by atoms with Crippen LogP contribution in [0.4, 0.5) is 5.69 Å². The molecular weight excluding hydrogens is 392 g/mol. The fourth-order valence-electron chi connectivity index (χ4n) is 3.77. The molecule has 1 amide bonds. The summed E-state index contributed by atoms with van der Waals surface area (Å²) in [6.45, 7) is 4.38. The minimum absolute atomic E-state index is 0.218. The van der Waals surface area contributed by atoms with E-state index in [1.807, 2.05) is 43.3 Å². The Labute approximate surface area is 182 Å². The van der Waals surface area contributed by atoms with Gasteiger partial charge >= 0.3 is 0 Å². The molecule has 7 heteroatoms. The number of amides is 1. The minimum Gasteiger partial charge on any atom is -0.490 e. The highest BCUT2D eigenvalue weighted by atomic mass is 16.5. The third-order valence-electron chi connectivity index (χ3n) is 5.31. The Hall–Kier alpha value is -3.19. The Kier molecular flexibility index (Phi) is 6.94. The Morgan fingerprint density at radius 1 is 1.06 bits per heavy atom. The van der Waals surface area contributed by atoms with E-state index in [1.165, 1.54) is 6.42 Å². The minimum atomic E-state index is -0.218. The topological polar surface area (TPSA) is 78.3 Å². The number of nitrogens with zero attached hydrogens (tertiary/aromatic N) is 3. The van der Waals surface area contributed by atoms with E-state index in [0.717, 1.165) is 43.0 Å². The van der Waals surface area contributed by atoms with Crippen LogP contribution in [-0.2, 0) is 17.7 Å². The molecule has 1 aromatic heterocycles. The van der Waals surface area contributed by atoms with Crippen molar-refractivity contribution in [2.24, 2.45) is 0 Å². The monoisotopic (exact) mass is 420 g/mol. The Morgan fingerprint density at radius 2 is 1.97 bits per heavy atom. The van der Waals surface area contributed by atoms with Gasteiger partial charge in [0.2, 0.25) is 0 Å². The van der Waals surface area contributed by atoms with Gasteiger partial charge in [0.25, 0.3) is 5.91 Å². The van der Waals surface area contributed by atoms with Crippen LogP contribution in [0.3, 0.4) is 0 Å². The summed E-state index contributed by atoms with van der Waals surface area (Å²) in [7, 11) is 0. The molecule has 3 aromatic rings. The zero-order valence-electron chi connectivity index (χ0n) is 17.8. The van der Waals surface area contributed by atoms with Gasteiger partial charge in [0.05, 0.1) is 12.2 Å². The summed E-state index contributed by atoms with van der Waals surface area (Å²) >= 11 is 0. The number of aryl methyl sites for hydroxylation is 1. The smallest absolute Gasteiger partial charge is 0.259 e. The molecule has 0 radical (unpaired) electrons. The quantitative estimate of drug-likeness (QED) is 0.549. The van der Waals surface area contributed by atoms with E-state index in [9.17, 15) is 4.79 Å². The number of carbonyl (C=O) groups excluding carboxylic acids is 1. The van der Waals surface area contributed by atoms with E-state index in [4.69, 9.17) is 9.47 Å². The lowest BCUT2D eigenvalue weighted by Gasteiger charge is -2.12. The SMILES string of the molecule is CCOCCOc1ccccc1C(=O)Nc1cccc(-c2nnc3n2CCCCC3)c1. The molecule has 162 valence electrons. The molecule has 0 spiro atoms. The molecule has 2 heterocycles. The molecule has 2 aromatic carbocycles. The van der Waals surface area contributed by atoms with Gasteiger partial charge in [0.15, 0.2) is 5.82 Å². The normalized spacial score (nSPS) is 13.3. The number of nitrogens with one attached hydrogen (secondary N) is 1. The summed E-state index contributed by atoms with van der Waals surface area (Å²) in [5, 5.41) is 11.8. The molecule has 0 bridgehead atoms. The third-order valence-corrected chi connectivity index (χ3v) is 5.31. The standard InChI is InChI=1S/C24H28N4O3/c1-2-30-15-16-31-21-12-6-5-11-20(21)24(29)25-19-10-8-9-18(17-19)23-27-26-22-13-4-3-7-14-28(22)23/h5-6,8-12,17H,2-4,7,13-16H2,1H3,(H,25,29). The van der Waals surface area contributed by atoms with E-state index in [0.29, 0.717) is 36.8 Å². The summed E-state index contributed by atoms with van der Waals surface area (Å²) in [5.74, 6) is 2.22. The lowest BCUT2D eigenvalue weighted by Crippen LogP contribution is -2.15. The summed E-state index contributed by atoms with van der Waals surface area (Å²) in [5.41, 5.74) is 2.14. The Morgan fingerprint density at radius 3 is 2.87 bits per heavy atom. The number of rotatable bonds is 8. The number of carbonyl (C=O) groups is 1. The second-order valence-electron chi connectivity index (χ2n) is 7.48. The van der Waals surface area contributed by atoms with Gasteiger partial charge in [0, 0.05) is 30.8 Å². The molecule has 0 saturated carbocycles. The second kappa shape index (κ2) is 10.2. The van der Waals surface area contributed by atoms with Crippen molar-refractivity contribution < 1.29 is 14.3 Å². The van der Waals surface area contributed by atoms with Crippen LogP contribution in [0.15, 0.2) is 48.5 Å². The predicted octanol–water partition coefficient (Wildman–Crippen LogP) is 4.34. The number of anilines is 1. The first-order valence-electron chi connectivity index (χ1n) is 10.9. The Balaban J connectivity index is 1.50. The van der Waals surface area contributed by atoms with Crippen molar-refractivity contribution in [2.45, 2.75) is 39.2 Å². The van der Waals surface area contributed by atoms with Gasteiger partial charge in [-0.15, -0.1) is 10.2 Å². The fourth-order valence-corrected chi connectivity index (χ4v) is 3.77. The van der Waals surface area contributed by atoms with Crippen LogP contribution in [0.1, 0.15) is 42.4 Å². The lowest BCUT2D eigenvalue weighted by molar-refractivity contribution is 0.0998. The van der Waals surface area contributed by atoms with Gasteiger partial charge < -0.3 is 19.4 Å². The number of hydrogen-bond donors (Lipinski definition) is 1. The van der Waals surface area contributed by atoms with Crippen LogP contribution in [0, 0.1) is 0 Å². The van der Waals surface area contributed by atoms with Crippen molar-refractivity contribution in [2.75, 3.05) is 25.1 Å². The predicted molar refractivity (Wildman–Crippen MR) is 119 cm³/mol. The summed E-state index contributed by atoms with van der Waals surface area (Å²) in [6, 6.07) is 15.0. The maximum Gasteiger partial charge on any atom is 0.259 e. The van der Waals surface area contributed by atoms with E-state index in [2.05, 4.69) is 20.1 Å². The number of benzene rings is 2. The van der Waals surface area contributed by atoms with Crippen molar-refractivity contribution in [3.05, 3.63) is 59.9 Å². The highest BCUT2D eigenvalue weighted by Gasteiger charge is 2.17. The largest absolute Gasteiger partial charge is 0.490 e. The molecule has 1 aliphatic heterocycles. The maximum atomic E-state index is 12.9. The number of aromatic nitrogens is 3. The lowest BCUT2D eigenvalue weighted by atomic mass is 10.1. The van der Waals surface area contributed by atoms with E-state index < -0.39 is 0 Å². The van der Waals surface area contributed by atoms with E-state index in [-0.39, 0.29) is 5.91 Å². The van der Waals surface area contributed by atoms with Crippen molar-refractivity contribution in [3.63, 3.8) is 0 Å². The molecule has 0 fully saturated rings. The van der Waals surface area contributed by atoms with Crippen LogP contribution < -0.4 is 10.1 Å². The van der Waals surface area contributed by atoms with Crippen LogP contribution in [0.2, 0.25) is 0 Å². The molecule has 0 aliphatic carbocycles. The molecule has 1 aliphatic rings. The first kappa shape index (κ1) is 21.1. The number of hydrogen-bond acceptors (Lipinski definition) is 5. The zero-order valence-corrected chi connectivity index (χ0v) is 17.8. The average molecular weight is 421 g/mol. The molecule has 31 heavy (non-hydrogen) atoms. The first-order valence-corrected chi connectivity index (χ1v) is 10.9. The second-order valence-corrected chi connectivity index (χ2v) is 7.48. The number of para-hydroxylation sites is 1. The van der Waals surface area contributed by atoms with Gasteiger partial charge in [-0.3, -0.25) is 4.79 Å². The molecule has 0 saturated heterocycles. The van der Waals surface area contributed by atoms with Gasteiger partial charge in [-0.2, -0.15) is 0 Å². The van der Waals surface area contributed by atoms with E-state index >= 15 is 0 Å². The van der Waals surface area contributed by atoms with Gasteiger partial charge in [-0.25, -0.2) is 0 Å². The van der Waals surface area contributed by atoms with Gasteiger partial charge in [0.1, 0.15) is 18.2 Å². The molecule has 1 N–H and O–H groups in total. The molecule has 7 nitrogen and oxygen atoms in total. The maximum absolute atomic E-state index is 12.9. The summed E-state index contributed by atoms with van der Waals surface area (Å²) < 4.78 is 13.3. The first-order chi connectivity index (χ1) is 15.3. The van der Waals surface area contributed by atoms with E-state index in [1.54, 1.807) is 12.1 Å². The Bertz CT molecular complexity index is 1030. The highest BCUT2D eigenvalue weighted by Crippen LogP contribution is 2.26. The highest BCUT2D eigenvalue weighted by molar-refractivity contribution is 6.06. The van der Waals surface area contributed by atoms with Crippen molar-refractivity contribution in [1.29, 1.82) is 0 Å². The van der Waals surface area contributed by atoms with Crippen molar-refractivity contribution in [3.8, 4) is 17.1 Å². The number of fused-ring (bicyclic) bond motifs is 1. The molecule has 4 rings (SSSR count). The van der Waals surface area contributed by atoms with Crippen LogP contribution >= 0.6 is 0 Å². The van der Waals surface area contributed by atoms with Crippen LogP contribution in [0.5, 0.6) is 5.75 Å². The van der Waals surface area contributed by atoms with Gasteiger partial charge in [-0.1, -0.05) is 30.7 Å². The third kappa shape index (κ3) is 5.11. The molecule has 0 unspecified atom stereocenters.